The minimum atomic E-state index is 0.0256. The summed E-state index contributed by atoms with van der Waals surface area (Å²) >= 11 is 1.86. The molecular weight excluding hydrogens is 348 g/mol. The van der Waals surface area contributed by atoms with E-state index in [4.69, 9.17) is 0 Å². The fourth-order valence-corrected chi connectivity index (χ4v) is 5.35. The Bertz CT molecular complexity index is 1040. The third-order valence-corrected chi connectivity index (χ3v) is 6.69. The number of anilines is 1. The van der Waals surface area contributed by atoms with Gasteiger partial charge in [-0.15, -0.1) is 0 Å². The topological polar surface area (TPSA) is 7.12 Å². The van der Waals surface area contributed by atoms with Crippen LogP contribution < -0.4 is 9.47 Å². The number of para-hydroxylation sites is 2. The van der Waals surface area contributed by atoms with Gasteiger partial charge in [0.2, 0.25) is 5.52 Å². The van der Waals surface area contributed by atoms with E-state index in [1.54, 1.807) is 0 Å². The number of nitrogens with zero attached hydrogens (tertiary/aromatic N) is 2. The summed E-state index contributed by atoms with van der Waals surface area (Å²) in [5.74, 6) is 0. The molecule has 2 aromatic carbocycles. The molecule has 0 amide bonds. The Morgan fingerprint density at radius 1 is 1.04 bits per heavy atom. The van der Waals surface area contributed by atoms with E-state index >= 15 is 0 Å². The number of hydrogen-bond acceptors (Lipinski definition) is 2. The quantitative estimate of drug-likeness (QED) is 0.513. The molecule has 0 radical (unpaired) electrons. The van der Waals surface area contributed by atoms with E-state index in [9.17, 15) is 0 Å². The van der Waals surface area contributed by atoms with Gasteiger partial charge in [-0.3, -0.25) is 0 Å². The van der Waals surface area contributed by atoms with Crippen molar-refractivity contribution < 1.29 is 4.57 Å². The summed E-state index contributed by atoms with van der Waals surface area (Å²) in [6.07, 6.45) is 6.78. The van der Waals surface area contributed by atoms with E-state index in [1.165, 1.54) is 32.2 Å². The molecule has 0 atom stereocenters. The molecule has 2 heterocycles. The first-order valence-electron chi connectivity index (χ1n) is 9.75. The maximum absolute atomic E-state index is 2.44. The van der Waals surface area contributed by atoms with Crippen molar-refractivity contribution in [1.29, 1.82) is 0 Å². The van der Waals surface area contributed by atoms with Gasteiger partial charge < -0.3 is 4.90 Å². The van der Waals surface area contributed by atoms with Gasteiger partial charge in [-0.25, -0.2) is 0 Å². The molecule has 1 aliphatic rings. The molecule has 0 bridgehead atoms. The average Bonchev–Trinajstić information content (AvgIpc) is 3.14. The van der Waals surface area contributed by atoms with Crippen molar-refractivity contribution in [3.8, 4) is 0 Å². The van der Waals surface area contributed by atoms with Gasteiger partial charge in [0.1, 0.15) is 11.2 Å². The van der Waals surface area contributed by atoms with Crippen molar-refractivity contribution in [2.45, 2.75) is 39.7 Å². The number of rotatable bonds is 4. The molecule has 0 aliphatic carbocycles. The molecule has 27 heavy (non-hydrogen) atoms. The third kappa shape index (κ3) is 2.90. The molecule has 3 heteroatoms. The summed E-state index contributed by atoms with van der Waals surface area (Å²) in [4.78, 5) is 2.44. The highest BCUT2D eigenvalue weighted by molar-refractivity contribution is 7.18. The van der Waals surface area contributed by atoms with Gasteiger partial charge in [-0.2, -0.15) is 4.57 Å². The van der Waals surface area contributed by atoms with Crippen molar-refractivity contribution >= 4 is 33.3 Å². The monoisotopic (exact) mass is 375 g/mol. The number of aromatic nitrogens is 1. The highest BCUT2D eigenvalue weighted by Gasteiger charge is 2.38. The van der Waals surface area contributed by atoms with Crippen molar-refractivity contribution in [3.63, 3.8) is 0 Å². The van der Waals surface area contributed by atoms with Crippen LogP contribution in [-0.2, 0) is 12.0 Å². The standard InChI is InChI=1S/C24H27N2S/c1-5-25-19-13-8-7-12-18(19)24(3,4)22(25)16-11-17-23-26(6-2)20-14-9-10-15-21(20)27-23/h7-17H,5-6H2,1-4H3/q+1. The first-order chi connectivity index (χ1) is 13.1. The zero-order chi connectivity index (χ0) is 19.0. The smallest absolute Gasteiger partial charge is 0.262 e. The molecule has 0 N–H and O–H groups in total. The Morgan fingerprint density at radius 2 is 1.78 bits per heavy atom. The largest absolute Gasteiger partial charge is 0.344 e. The Kier molecular flexibility index (Phi) is 4.65. The SMILES string of the molecule is CCN1/C(=C/C=C/c2sc3ccccc3[n+]2CC)C(C)(C)c2ccccc21. The van der Waals surface area contributed by atoms with E-state index in [2.05, 4.69) is 104 Å². The van der Waals surface area contributed by atoms with Crippen LogP contribution >= 0.6 is 11.3 Å². The van der Waals surface area contributed by atoms with Gasteiger partial charge in [-0.1, -0.05) is 61.6 Å². The van der Waals surface area contributed by atoms with Crippen molar-refractivity contribution in [2.24, 2.45) is 0 Å². The number of benzene rings is 2. The summed E-state index contributed by atoms with van der Waals surface area (Å²) in [5.41, 5.74) is 5.47. The second kappa shape index (κ2) is 6.97. The minimum absolute atomic E-state index is 0.0256. The predicted molar refractivity (Wildman–Crippen MR) is 117 cm³/mol. The van der Waals surface area contributed by atoms with Crippen LogP contribution in [0.15, 0.2) is 66.4 Å². The molecule has 1 aromatic heterocycles. The second-order valence-corrected chi connectivity index (χ2v) is 8.51. The maximum Gasteiger partial charge on any atom is 0.262 e. The Hall–Kier alpha value is -2.39. The Morgan fingerprint density at radius 3 is 2.56 bits per heavy atom. The number of allylic oxidation sites excluding steroid dienone is 3. The molecule has 0 spiro atoms. The van der Waals surface area contributed by atoms with Gasteiger partial charge >= 0.3 is 0 Å². The van der Waals surface area contributed by atoms with Crippen molar-refractivity contribution in [1.82, 2.24) is 0 Å². The zero-order valence-corrected chi connectivity index (χ0v) is 17.4. The fourth-order valence-electron chi connectivity index (χ4n) is 4.21. The van der Waals surface area contributed by atoms with Gasteiger partial charge in [0, 0.05) is 35.5 Å². The Balaban J connectivity index is 1.73. The number of hydrogen-bond donors (Lipinski definition) is 0. The van der Waals surface area contributed by atoms with Crippen molar-refractivity contribution in [3.05, 3.63) is 77.0 Å². The van der Waals surface area contributed by atoms with E-state index in [-0.39, 0.29) is 5.41 Å². The van der Waals surface area contributed by atoms with Gasteiger partial charge in [0.05, 0.1) is 0 Å². The molecule has 0 fully saturated rings. The maximum atomic E-state index is 2.44. The molecule has 0 saturated heterocycles. The second-order valence-electron chi connectivity index (χ2n) is 7.45. The lowest BCUT2D eigenvalue weighted by molar-refractivity contribution is -0.665. The summed E-state index contributed by atoms with van der Waals surface area (Å²) in [5, 5.41) is 1.30. The first-order valence-corrected chi connectivity index (χ1v) is 10.6. The number of thiazole rings is 1. The first kappa shape index (κ1) is 18.0. The number of likely N-dealkylation sites (N-methyl/N-ethyl adjacent to an activating group) is 1. The van der Waals surface area contributed by atoms with Crippen LogP contribution in [0.1, 0.15) is 38.3 Å². The molecular formula is C24H27N2S+. The molecule has 1 aliphatic heterocycles. The zero-order valence-electron chi connectivity index (χ0n) is 16.6. The van der Waals surface area contributed by atoms with E-state index in [1.807, 2.05) is 11.3 Å². The highest BCUT2D eigenvalue weighted by Crippen LogP contribution is 2.47. The van der Waals surface area contributed by atoms with Crippen LogP contribution in [0.5, 0.6) is 0 Å². The van der Waals surface area contributed by atoms with Gasteiger partial charge in [0.15, 0.2) is 0 Å². The third-order valence-electron chi connectivity index (χ3n) is 5.56. The molecule has 138 valence electrons. The average molecular weight is 376 g/mol. The minimum Gasteiger partial charge on any atom is -0.344 e. The lowest BCUT2D eigenvalue weighted by Crippen LogP contribution is -2.33. The Labute approximate surface area is 166 Å². The van der Waals surface area contributed by atoms with Crippen LogP contribution in [0.4, 0.5) is 5.69 Å². The van der Waals surface area contributed by atoms with Crippen LogP contribution in [-0.4, -0.2) is 6.54 Å². The summed E-state index contributed by atoms with van der Waals surface area (Å²) in [6, 6.07) is 17.4. The van der Waals surface area contributed by atoms with E-state index in [0.29, 0.717) is 0 Å². The van der Waals surface area contributed by atoms with Crippen LogP contribution in [0.2, 0.25) is 0 Å². The fraction of sp³-hybridized carbons (Fsp3) is 0.292. The molecule has 0 unspecified atom stereocenters. The lowest BCUT2D eigenvalue weighted by Gasteiger charge is -2.25. The molecule has 2 nitrogen and oxygen atoms in total. The van der Waals surface area contributed by atoms with Gasteiger partial charge in [-0.05, 0) is 37.6 Å². The molecule has 0 saturated carbocycles. The normalized spacial score (nSPS) is 17.3. The number of fused-ring (bicyclic) bond motifs is 2. The lowest BCUT2D eigenvalue weighted by atomic mass is 9.84. The number of aryl methyl sites for hydroxylation is 1. The van der Waals surface area contributed by atoms with Crippen molar-refractivity contribution in [2.75, 3.05) is 11.4 Å². The predicted octanol–water partition coefficient (Wildman–Crippen LogP) is 5.92. The summed E-state index contributed by atoms with van der Waals surface area (Å²) in [7, 11) is 0. The summed E-state index contributed by atoms with van der Waals surface area (Å²) in [6.45, 7) is 11.1. The van der Waals surface area contributed by atoms with Crippen LogP contribution in [0, 0.1) is 0 Å². The summed E-state index contributed by atoms with van der Waals surface area (Å²) < 4.78 is 3.73. The van der Waals surface area contributed by atoms with Crippen LogP contribution in [0.25, 0.3) is 16.3 Å². The van der Waals surface area contributed by atoms with E-state index < -0.39 is 0 Å². The molecule has 3 aromatic rings. The van der Waals surface area contributed by atoms with Gasteiger partial charge in [0.25, 0.3) is 5.01 Å². The molecule has 4 rings (SSSR count). The van der Waals surface area contributed by atoms with E-state index in [0.717, 1.165) is 13.1 Å². The highest BCUT2D eigenvalue weighted by atomic mass is 32.1. The van der Waals surface area contributed by atoms with Crippen LogP contribution in [0.3, 0.4) is 0 Å².